The zero-order chi connectivity index (χ0) is 23.5. The van der Waals surface area contributed by atoms with Crippen molar-refractivity contribution < 1.29 is 9.50 Å². The summed E-state index contributed by atoms with van der Waals surface area (Å²) in [7, 11) is 0. The van der Waals surface area contributed by atoms with Crippen LogP contribution in [0.2, 0.25) is 0 Å². The molecule has 8 nitrogen and oxygen atoms in total. The van der Waals surface area contributed by atoms with Crippen molar-refractivity contribution in [3.63, 3.8) is 0 Å². The maximum Gasteiger partial charge on any atom is 0.162 e. The minimum atomic E-state index is -1.08. The van der Waals surface area contributed by atoms with Crippen LogP contribution in [0.1, 0.15) is 45.9 Å². The summed E-state index contributed by atoms with van der Waals surface area (Å²) < 4.78 is 19.0. The number of phenolic OH excluding ortho intramolecular Hbond substituents is 1. The molecule has 1 fully saturated rings. The lowest BCUT2D eigenvalue weighted by Crippen LogP contribution is -2.64. The van der Waals surface area contributed by atoms with Gasteiger partial charge in [-0.2, -0.15) is 0 Å². The van der Waals surface area contributed by atoms with Gasteiger partial charge in [-0.25, -0.2) is 9.07 Å². The summed E-state index contributed by atoms with van der Waals surface area (Å²) in [6.45, 7) is 9.87. The summed E-state index contributed by atoms with van der Waals surface area (Å²) in [4.78, 5) is 0. The van der Waals surface area contributed by atoms with Crippen LogP contribution in [0.4, 0.5) is 4.39 Å². The second-order valence-electron chi connectivity index (χ2n) is 10.1. The molecule has 2 atom stereocenters. The van der Waals surface area contributed by atoms with E-state index in [-0.39, 0.29) is 17.3 Å². The second kappa shape index (κ2) is 7.34. The van der Waals surface area contributed by atoms with Gasteiger partial charge in [0.1, 0.15) is 11.9 Å². The third-order valence-electron chi connectivity index (χ3n) is 6.45. The number of hydrogen-bond acceptors (Lipinski definition) is 6. The molecule has 1 aliphatic rings. The lowest BCUT2D eigenvalue weighted by atomic mass is 9.78. The van der Waals surface area contributed by atoms with E-state index in [0.29, 0.717) is 29.0 Å². The molecule has 5 rings (SSSR count). The first-order valence-corrected chi connectivity index (χ1v) is 11.0. The quantitative estimate of drug-likeness (QED) is 0.489. The molecule has 4 aromatic rings. The van der Waals surface area contributed by atoms with E-state index in [0.717, 1.165) is 11.1 Å². The normalized spacial score (nSPS) is 22.0. The zero-order valence-electron chi connectivity index (χ0n) is 19.4. The van der Waals surface area contributed by atoms with Crippen LogP contribution in [-0.2, 0) is 0 Å². The summed E-state index contributed by atoms with van der Waals surface area (Å²) in [6.07, 6.45) is 3.09. The van der Waals surface area contributed by atoms with Crippen molar-refractivity contribution in [1.82, 2.24) is 35.1 Å². The van der Waals surface area contributed by atoms with Crippen molar-refractivity contribution >= 4 is 11.0 Å². The molecule has 172 valence electrons. The molecule has 9 heteroatoms. The van der Waals surface area contributed by atoms with E-state index >= 15 is 4.39 Å². The molecule has 1 aromatic carbocycles. The van der Waals surface area contributed by atoms with Gasteiger partial charge in [-0.1, -0.05) is 5.21 Å². The van der Waals surface area contributed by atoms with Gasteiger partial charge in [0.15, 0.2) is 5.65 Å². The van der Waals surface area contributed by atoms with Crippen LogP contribution in [0.5, 0.6) is 5.75 Å². The number of hydrogen-bond donors (Lipinski definition) is 2. The Hall–Kier alpha value is -3.33. The van der Waals surface area contributed by atoms with Crippen LogP contribution < -0.4 is 5.32 Å². The Labute approximate surface area is 191 Å². The number of nitrogens with zero attached hydrogens (tertiary/aromatic N) is 6. The van der Waals surface area contributed by atoms with E-state index in [1.165, 1.54) is 0 Å². The van der Waals surface area contributed by atoms with Crippen LogP contribution in [-0.4, -0.2) is 52.1 Å². The fourth-order valence-corrected chi connectivity index (χ4v) is 5.10. The van der Waals surface area contributed by atoms with Crippen molar-refractivity contribution in [2.75, 3.05) is 0 Å². The standard InChI is InChI=1S/C24H28FN7O/c1-14-13-26-30-32(14)16-6-7-17(20(33)11-16)18-10-15-8-9-31(22(15)28-27-18)19-12-23(2,3)29-24(4,5)21(19)25/h6-11,13,19,21,29,33H,12H2,1-5H3/t19-,21-/m0/s1. The highest BCUT2D eigenvalue weighted by Gasteiger charge is 2.47. The maximum absolute atomic E-state index is 15.5. The van der Waals surface area contributed by atoms with E-state index in [1.807, 2.05) is 49.7 Å². The van der Waals surface area contributed by atoms with Gasteiger partial charge in [-0.05, 0) is 65.3 Å². The number of fused-ring (bicyclic) bond motifs is 1. The Morgan fingerprint density at radius 3 is 2.61 bits per heavy atom. The maximum atomic E-state index is 15.5. The Balaban J connectivity index is 1.51. The molecule has 4 heterocycles. The van der Waals surface area contributed by atoms with E-state index in [4.69, 9.17) is 0 Å². The fraction of sp³-hybridized carbons (Fsp3) is 0.417. The summed E-state index contributed by atoms with van der Waals surface area (Å²) in [5.74, 6) is 0.0705. The van der Waals surface area contributed by atoms with E-state index < -0.39 is 11.7 Å². The number of alkyl halides is 1. The molecule has 1 saturated heterocycles. The predicted octanol–water partition coefficient (Wildman–Crippen LogP) is 4.12. The Morgan fingerprint density at radius 1 is 1.12 bits per heavy atom. The number of rotatable bonds is 3. The molecule has 0 bridgehead atoms. The van der Waals surface area contributed by atoms with Gasteiger partial charge in [0.25, 0.3) is 0 Å². The smallest absolute Gasteiger partial charge is 0.162 e. The molecule has 0 aliphatic carbocycles. The van der Waals surface area contributed by atoms with Gasteiger partial charge >= 0.3 is 0 Å². The first-order valence-electron chi connectivity index (χ1n) is 11.0. The number of halogens is 1. The van der Waals surface area contributed by atoms with E-state index in [9.17, 15) is 5.11 Å². The number of piperidine rings is 1. The van der Waals surface area contributed by atoms with Crippen LogP contribution in [0.3, 0.4) is 0 Å². The number of aromatic nitrogens is 6. The molecular formula is C24H28FN7O. The monoisotopic (exact) mass is 449 g/mol. The minimum absolute atomic E-state index is 0.0705. The number of benzene rings is 1. The Morgan fingerprint density at radius 2 is 1.91 bits per heavy atom. The number of phenols is 1. The highest BCUT2D eigenvalue weighted by Crippen LogP contribution is 2.40. The summed E-state index contributed by atoms with van der Waals surface area (Å²) in [5.41, 5.74) is 2.43. The molecule has 2 N–H and O–H groups in total. The zero-order valence-corrected chi connectivity index (χ0v) is 19.4. The lowest BCUT2D eigenvalue weighted by molar-refractivity contribution is 0.0313. The fourth-order valence-electron chi connectivity index (χ4n) is 5.10. The molecule has 3 aromatic heterocycles. The third kappa shape index (κ3) is 3.66. The van der Waals surface area contributed by atoms with Crippen LogP contribution in [0.25, 0.3) is 28.0 Å². The van der Waals surface area contributed by atoms with Gasteiger partial charge in [-0.15, -0.1) is 15.3 Å². The highest BCUT2D eigenvalue weighted by atomic mass is 19.1. The van der Waals surface area contributed by atoms with E-state index in [1.54, 1.807) is 23.0 Å². The first-order chi connectivity index (χ1) is 15.6. The van der Waals surface area contributed by atoms with Crippen molar-refractivity contribution in [3.8, 4) is 22.7 Å². The topological polar surface area (TPSA) is 93.7 Å². The SMILES string of the molecule is Cc1cnnn1-c1ccc(-c2cc3ccn([C@H]4CC(C)(C)NC(C)(C)[C@H]4F)c3nn2)c(O)c1. The van der Waals surface area contributed by atoms with Crippen molar-refractivity contribution in [3.05, 3.63) is 48.4 Å². The van der Waals surface area contributed by atoms with Crippen LogP contribution in [0.15, 0.2) is 42.7 Å². The molecule has 1 aliphatic heterocycles. The van der Waals surface area contributed by atoms with Gasteiger partial charge in [0.05, 0.1) is 29.3 Å². The van der Waals surface area contributed by atoms with Crippen LogP contribution >= 0.6 is 0 Å². The van der Waals surface area contributed by atoms with E-state index in [2.05, 4.69) is 39.7 Å². The number of aromatic hydroxyl groups is 1. The second-order valence-corrected chi connectivity index (χ2v) is 10.1. The van der Waals surface area contributed by atoms with Crippen molar-refractivity contribution in [2.24, 2.45) is 0 Å². The molecule has 0 radical (unpaired) electrons. The van der Waals surface area contributed by atoms with Crippen molar-refractivity contribution in [2.45, 2.75) is 64.3 Å². The Bertz CT molecular complexity index is 1340. The predicted molar refractivity (Wildman–Crippen MR) is 124 cm³/mol. The molecule has 0 saturated carbocycles. The van der Waals surface area contributed by atoms with Crippen molar-refractivity contribution in [1.29, 1.82) is 0 Å². The average molecular weight is 450 g/mol. The number of nitrogens with one attached hydrogen (secondary N) is 1. The largest absolute Gasteiger partial charge is 0.507 e. The van der Waals surface area contributed by atoms with Gasteiger partial charge in [0.2, 0.25) is 0 Å². The Kier molecular flexibility index (Phi) is 4.79. The highest BCUT2D eigenvalue weighted by molar-refractivity contribution is 5.81. The molecular weight excluding hydrogens is 421 g/mol. The molecule has 0 unspecified atom stereocenters. The van der Waals surface area contributed by atoms with Gasteiger partial charge < -0.3 is 15.0 Å². The van der Waals surface area contributed by atoms with Crippen LogP contribution in [0, 0.1) is 6.92 Å². The lowest BCUT2D eigenvalue weighted by Gasteiger charge is -2.49. The van der Waals surface area contributed by atoms with Gasteiger partial charge in [0, 0.05) is 34.3 Å². The number of aryl methyl sites for hydroxylation is 1. The molecule has 0 amide bonds. The average Bonchev–Trinajstić information content (AvgIpc) is 3.35. The third-order valence-corrected chi connectivity index (χ3v) is 6.45. The first kappa shape index (κ1) is 21.5. The molecule has 33 heavy (non-hydrogen) atoms. The summed E-state index contributed by atoms with van der Waals surface area (Å²) in [6, 6.07) is 8.70. The summed E-state index contributed by atoms with van der Waals surface area (Å²) >= 11 is 0. The minimum Gasteiger partial charge on any atom is -0.507 e. The van der Waals surface area contributed by atoms with Gasteiger partial charge in [-0.3, -0.25) is 0 Å². The summed E-state index contributed by atoms with van der Waals surface area (Å²) in [5, 5.41) is 31.7. The molecule has 0 spiro atoms.